The lowest BCUT2D eigenvalue weighted by atomic mass is 9.86. The average Bonchev–Trinajstić information content (AvgIpc) is 1.92. The first-order valence-electron chi connectivity index (χ1n) is 4.28. The molecule has 0 unspecified atom stereocenters. The number of halogens is 1. The van der Waals surface area contributed by atoms with Gasteiger partial charge in [-0.2, -0.15) is 0 Å². The predicted octanol–water partition coefficient (Wildman–Crippen LogP) is 3.30. The molecule has 1 rings (SSSR count). The molecule has 0 aromatic heterocycles. The van der Waals surface area contributed by atoms with Crippen LogP contribution < -0.4 is 5.73 Å². The van der Waals surface area contributed by atoms with E-state index in [0.717, 1.165) is 11.3 Å². The molecule has 0 heterocycles. The predicted molar refractivity (Wildman–Crippen MR) is 61.5 cm³/mol. The summed E-state index contributed by atoms with van der Waals surface area (Å²) in [5.41, 5.74) is 9.36. The number of hydrogen-bond donors (Lipinski definition) is 1. The van der Waals surface area contributed by atoms with Gasteiger partial charge in [-0.15, -0.1) is 12.4 Å². The maximum absolute atomic E-state index is 5.82. The standard InChI is InChI=1S/C11H17N.ClH/c1-8-5-6-9(7-10(8)12)11(2,3)4;/h5-7H,12H2,1-4H3;1H. The Kier molecular flexibility index (Phi) is 3.80. The zero-order valence-electron chi connectivity index (χ0n) is 8.72. The van der Waals surface area contributed by atoms with Gasteiger partial charge in [0.25, 0.3) is 0 Å². The van der Waals surface area contributed by atoms with Gasteiger partial charge in [0.05, 0.1) is 0 Å². The minimum atomic E-state index is 0. The van der Waals surface area contributed by atoms with Crippen molar-refractivity contribution in [3.05, 3.63) is 29.3 Å². The fourth-order valence-electron chi connectivity index (χ4n) is 1.11. The highest BCUT2D eigenvalue weighted by molar-refractivity contribution is 5.85. The van der Waals surface area contributed by atoms with E-state index >= 15 is 0 Å². The minimum Gasteiger partial charge on any atom is -0.399 e. The second-order valence-corrected chi connectivity index (χ2v) is 4.32. The molecule has 0 atom stereocenters. The van der Waals surface area contributed by atoms with Crippen molar-refractivity contribution in [3.8, 4) is 0 Å². The maximum atomic E-state index is 5.82. The number of aryl methyl sites for hydroxylation is 1. The van der Waals surface area contributed by atoms with Crippen LogP contribution in [0.1, 0.15) is 31.9 Å². The molecule has 0 bridgehead atoms. The van der Waals surface area contributed by atoms with E-state index in [4.69, 9.17) is 5.73 Å². The molecule has 1 nitrogen and oxygen atoms in total. The van der Waals surface area contributed by atoms with Crippen LogP contribution in [0.5, 0.6) is 0 Å². The summed E-state index contributed by atoms with van der Waals surface area (Å²) in [7, 11) is 0. The lowest BCUT2D eigenvalue weighted by Gasteiger charge is -2.19. The molecule has 0 spiro atoms. The number of anilines is 1. The monoisotopic (exact) mass is 199 g/mol. The van der Waals surface area contributed by atoms with Gasteiger partial charge in [0.2, 0.25) is 0 Å². The summed E-state index contributed by atoms with van der Waals surface area (Å²) in [6, 6.07) is 6.29. The molecule has 0 saturated carbocycles. The summed E-state index contributed by atoms with van der Waals surface area (Å²) < 4.78 is 0. The molecule has 0 aliphatic carbocycles. The van der Waals surface area contributed by atoms with Crippen LogP contribution >= 0.6 is 12.4 Å². The molecule has 0 radical (unpaired) electrons. The van der Waals surface area contributed by atoms with Crippen molar-refractivity contribution in [1.29, 1.82) is 0 Å². The van der Waals surface area contributed by atoms with Crippen molar-refractivity contribution in [2.45, 2.75) is 33.1 Å². The first-order chi connectivity index (χ1) is 5.41. The summed E-state index contributed by atoms with van der Waals surface area (Å²) in [6.07, 6.45) is 0. The van der Waals surface area contributed by atoms with E-state index in [1.54, 1.807) is 0 Å². The van der Waals surface area contributed by atoms with E-state index in [9.17, 15) is 0 Å². The van der Waals surface area contributed by atoms with Crippen LogP contribution in [-0.4, -0.2) is 0 Å². The molecule has 0 aliphatic rings. The van der Waals surface area contributed by atoms with Gasteiger partial charge in [-0.3, -0.25) is 0 Å². The zero-order valence-corrected chi connectivity index (χ0v) is 9.53. The third-order valence-corrected chi connectivity index (χ3v) is 2.15. The van der Waals surface area contributed by atoms with E-state index in [-0.39, 0.29) is 17.8 Å². The van der Waals surface area contributed by atoms with E-state index in [1.807, 2.05) is 6.92 Å². The summed E-state index contributed by atoms with van der Waals surface area (Å²) in [4.78, 5) is 0. The number of rotatable bonds is 0. The molecule has 1 aromatic rings. The average molecular weight is 200 g/mol. The highest BCUT2D eigenvalue weighted by atomic mass is 35.5. The highest BCUT2D eigenvalue weighted by Crippen LogP contribution is 2.25. The molecule has 0 fully saturated rings. The van der Waals surface area contributed by atoms with Crippen LogP contribution in [0.15, 0.2) is 18.2 Å². The van der Waals surface area contributed by atoms with Crippen LogP contribution in [0.4, 0.5) is 5.69 Å². The van der Waals surface area contributed by atoms with Crippen LogP contribution in [0.3, 0.4) is 0 Å². The summed E-state index contributed by atoms with van der Waals surface area (Å²) >= 11 is 0. The Hall–Kier alpha value is -0.690. The van der Waals surface area contributed by atoms with Crippen LogP contribution in [-0.2, 0) is 5.41 Å². The fraction of sp³-hybridized carbons (Fsp3) is 0.455. The van der Waals surface area contributed by atoms with Crippen LogP contribution in [0.2, 0.25) is 0 Å². The lowest BCUT2D eigenvalue weighted by Crippen LogP contribution is -2.11. The first kappa shape index (κ1) is 12.3. The van der Waals surface area contributed by atoms with Crippen molar-refractivity contribution in [3.63, 3.8) is 0 Å². The topological polar surface area (TPSA) is 26.0 Å². The Morgan fingerprint density at radius 2 is 1.69 bits per heavy atom. The largest absolute Gasteiger partial charge is 0.399 e. The van der Waals surface area contributed by atoms with Crippen molar-refractivity contribution < 1.29 is 0 Å². The number of nitrogen functional groups attached to an aromatic ring is 1. The molecular formula is C11H18ClN. The van der Waals surface area contributed by atoms with Gasteiger partial charge in [0.1, 0.15) is 0 Å². The van der Waals surface area contributed by atoms with Gasteiger partial charge in [-0.05, 0) is 29.5 Å². The summed E-state index contributed by atoms with van der Waals surface area (Å²) in [6.45, 7) is 8.60. The molecule has 13 heavy (non-hydrogen) atoms. The van der Waals surface area contributed by atoms with E-state index in [0.29, 0.717) is 0 Å². The Bertz CT molecular complexity index is 287. The number of benzene rings is 1. The third kappa shape index (κ3) is 2.92. The summed E-state index contributed by atoms with van der Waals surface area (Å²) in [5, 5.41) is 0. The molecular weight excluding hydrogens is 182 g/mol. The second-order valence-electron chi connectivity index (χ2n) is 4.32. The molecule has 2 heteroatoms. The van der Waals surface area contributed by atoms with Gasteiger partial charge in [-0.1, -0.05) is 32.9 Å². The van der Waals surface area contributed by atoms with Gasteiger partial charge < -0.3 is 5.73 Å². The molecule has 0 saturated heterocycles. The van der Waals surface area contributed by atoms with Gasteiger partial charge in [0.15, 0.2) is 0 Å². The van der Waals surface area contributed by atoms with Gasteiger partial charge in [0, 0.05) is 5.69 Å². The van der Waals surface area contributed by atoms with Crippen LogP contribution in [0, 0.1) is 6.92 Å². The van der Waals surface area contributed by atoms with Crippen molar-refractivity contribution in [2.75, 3.05) is 5.73 Å². The Morgan fingerprint density at radius 1 is 1.15 bits per heavy atom. The molecule has 0 aliphatic heterocycles. The Morgan fingerprint density at radius 3 is 2.08 bits per heavy atom. The SMILES string of the molecule is Cc1ccc(C(C)(C)C)cc1N.Cl. The molecule has 1 aromatic carbocycles. The fourth-order valence-corrected chi connectivity index (χ4v) is 1.11. The Labute approximate surface area is 86.7 Å². The van der Waals surface area contributed by atoms with Crippen molar-refractivity contribution in [1.82, 2.24) is 0 Å². The van der Waals surface area contributed by atoms with Crippen molar-refractivity contribution >= 4 is 18.1 Å². The molecule has 0 amide bonds. The Balaban J connectivity index is 0.00000144. The smallest absolute Gasteiger partial charge is 0.0346 e. The summed E-state index contributed by atoms with van der Waals surface area (Å²) in [5.74, 6) is 0. The van der Waals surface area contributed by atoms with Gasteiger partial charge >= 0.3 is 0 Å². The number of hydrogen-bond acceptors (Lipinski definition) is 1. The van der Waals surface area contributed by atoms with E-state index in [1.165, 1.54) is 5.56 Å². The quantitative estimate of drug-likeness (QED) is 0.638. The highest BCUT2D eigenvalue weighted by Gasteiger charge is 2.13. The number of nitrogens with two attached hydrogens (primary N) is 1. The first-order valence-corrected chi connectivity index (χ1v) is 4.28. The molecule has 2 N–H and O–H groups in total. The maximum Gasteiger partial charge on any atom is 0.0346 e. The zero-order chi connectivity index (χ0) is 9.35. The third-order valence-electron chi connectivity index (χ3n) is 2.15. The normalized spacial score (nSPS) is 10.8. The minimum absolute atomic E-state index is 0. The molecule has 74 valence electrons. The van der Waals surface area contributed by atoms with Crippen molar-refractivity contribution in [2.24, 2.45) is 0 Å². The second kappa shape index (κ2) is 4.01. The van der Waals surface area contributed by atoms with Gasteiger partial charge in [-0.25, -0.2) is 0 Å². The lowest BCUT2D eigenvalue weighted by molar-refractivity contribution is 0.590. The van der Waals surface area contributed by atoms with Crippen LogP contribution in [0.25, 0.3) is 0 Å². The van der Waals surface area contributed by atoms with E-state index in [2.05, 4.69) is 39.0 Å². The van der Waals surface area contributed by atoms with E-state index < -0.39 is 0 Å².